The minimum absolute atomic E-state index is 0.259. The molecule has 1 aliphatic rings. The van der Waals surface area contributed by atoms with Crippen LogP contribution in [0.2, 0.25) is 0 Å². The first-order chi connectivity index (χ1) is 9.79. The van der Waals surface area contributed by atoms with E-state index in [9.17, 15) is 0 Å². The number of aromatic nitrogens is 3. The van der Waals surface area contributed by atoms with Gasteiger partial charge in [0.1, 0.15) is 5.82 Å². The molecule has 2 atom stereocenters. The molecule has 2 aromatic rings. The Morgan fingerprint density at radius 2 is 2.35 bits per heavy atom. The highest BCUT2D eigenvalue weighted by molar-refractivity contribution is 5.41. The largest absolute Gasteiger partial charge is 0.370 e. The molecule has 1 aliphatic heterocycles. The summed E-state index contributed by atoms with van der Waals surface area (Å²) in [4.78, 5) is 4.50. The van der Waals surface area contributed by atoms with Crippen molar-refractivity contribution in [2.75, 3.05) is 11.9 Å². The third-order valence-corrected chi connectivity index (χ3v) is 4.03. The second-order valence-electron chi connectivity index (χ2n) is 5.57. The highest BCUT2D eigenvalue weighted by Crippen LogP contribution is 2.31. The van der Waals surface area contributed by atoms with Crippen molar-refractivity contribution in [1.82, 2.24) is 14.8 Å². The van der Waals surface area contributed by atoms with E-state index in [-0.39, 0.29) is 6.04 Å². The molecule has 3 heterocycles. The van der Waals surface area contributed by atoms with Gasteiger partial charge in [0.25, 0.3) is 0 Å². The lowest BCUT2D eigenvalue weighted by atomic mass is 10.0. The molecular weight excluding hydrogens is 248 g/mol. The summed E-state index contributed by atoms with van der Waals surface area (Å²) in [7, 11) is 0. The van der Waals surface area contributed by atoms with Gasteiger partial charge in [0.05, 0.1) is 17.4 Å². The van der Waals surface area contributed by atoms with Crippen molar-refractivity contribution in [2.24, 2.45) is 0 Å². The number of anilines is 1. The van der Waals surface area contributed by atoms with Gasteiger partial charge >= 0.3 is 0 Å². The third kappa shape index (κ3) is 2.42. The molecule has 0 fully saturated rings. The van der Waals surface area contributed by atoms with Crippen molar-refractivity contribution >= 4 is 5.82 Å². The van der Waals surface area contributed by atoms with E-state index in [0.717, 1.165) is 24.5 Å². The second kappa shape index (κ2) is 5.65. The zero-order valence-electron chi connectivity index (χ0n) is 12.2. The van der Waals surface area contributed by atoms with E-state index >= 15 is 0 Å². The number of fused-ring (bicyclic) bond motifs is 1. The summed E-state index contributed by atoms with van der Waals surface area (Å²) in [6.07, 6.45) is 5.28. The smallest absolute Gasteiger partial charge is 0.125 e. The third-order valence-electron chi connectivity index (χ3n) is 4.03. The Labute approximate surface area is 120 Å². The van der Waals surface area contributed by atoms with Crippen LogP contribution >= 0.6 is 0 Å². The molecule has 0 aliphatic carbocycles. The molecule has 106 valence electrons. The van der Waals surface area contributed by atoms with E-state index in [1.165, 1.54) is 18.5 Å². The summed E-state index contributed by atoms with van der Waals surface area (Å²) < 4.78 is 2.12. The minimum Gasteiger partial charge on any atom is -0.370 e. The fourth-order valence-corrected chi connectivity index (χ4v) is 2.91. The van der Waals surface area contributed by atoms with Crippen LogP contribution in [-0.2, 0) is 0 Å². The van der Waals surface area contributed by atoms with Crippen molar-refractivity contribution in [3.63, 3.8) is 0 Å². The first-order valence-electron chi connectivity index (χ1n) is 7.54. The molecule has 1 N–H and O–H groups in total. The predicted octanol–water partition coefficient (Wildman–Crippen LogP) is 3.59. The van der Waals surface area contributed by atoms with Gasteiger partial charge in [-0.15, -0.1) is 0 Å². The summed E-state index contributed by atoms with van der Waals surface area (Å²) in [5.41, 5.74) is 2.30. The molecule has 0 radical (unpaired) electrons. The Bertz CT molecular complexity index is 561. The summed E-state index contributed by atoms with van der Waals surface area (Å²) in [5.74, 6) is 1.65. The van der Waals surface area contributed by atoms with Crippen molar-refractivity contribution in [3.8, 4) is 0 Å². The van der Waals surface area contributed by atoms with Crippen molar-refractivity contribution in [3.05, 3.63) is 41.9 Å². The molecular formula is C16H22N4. The average Bonchev–Trinajstić information content (AvgIpc) is 2.92. The Morgan fingerprint density at radius 1 is 1.45 bits per heavy atom. The van der Waals surface area contributed by atoms with Gasteiger partial charge in [-0.05, 0) is 25.0 Å². The SMILES string of the molecule is CCCC(C)c1cc2n(n1)C(c1ccccn1)CCN2. The van der Waals surface area contributed by atoms with Crippen LogP contribution in [0.1, 0.15) is 56.5 Å². The van der Waals surface area contributed by atoms with Crippen LogP contribution in [0.25, 0.3) is 0 Å². The van der Waals surface area contributed by atoms with Crippen molar-refractivity contribution < 1.29 is 0 Å². The topological polar surface area (TPSA) is 42.7 Å². The zero-order chi connectivity index (χ0) is 13.9. The molecule has 2 aromatic heterocycles. The van der Waals surface area contributed by atoms with Crippen molar-refractivity contribution in [1.29, 1.82) is 0 Å². The van der Waals surface area contributed by atoms with Gasteiger partial charge in [-0.25, -0.2) is 4.68 Å². The predicted molar refractivity (Wildman–Crippen MR) is 81.0 cm³/mol. The Hall–Kier alpha value is -1.84. The maximum absolute atomic E-state index is 4.84. The summed E-state index contributed by atoms with van der Waals surface area (Å²) in [5, 5.41) is 8.29. The van der Waals surface area contributed by atoms with Crippen LogP contribution in [0.4, 0.5) is 5.82 Å². The maximum Gasteiger partial charge on any atom is 0.125 e. The summed E-state index contributed by atoms with van der Waals surface area (Å²) >= 11 is 0. The normalized spacial score (nSPS) is 19.2. The minimum atomic E-state index is 0.259. The zero-order valence-corrected chi connectivity index (χ0v) is 12.2. The van der Waals surface area contributed by atoms with Gasteiger partial charge in [0, 0.05) is 24.7 Å². The Morgan fingerprint density at radius 3 is 3.10 bits per heavy atom. The van der Waals surface area contributed by atoms with Gasteiger partial charge in [-0.1, -0.05) is 26.3 Å². The maximum atomic E-state index is 4.84. The molecule has 0 amide bonds. The first-order valence-corrected chi connectivity index (χ1v) is 7.54. The lowest BCUT2D eigenvalue weighted by Gasteiger charge is -2.25. The molecule has 4 heteroatoms. The monoisotopic (exact) mass is 270 g/mol. The number of rotatable bonds is 4. The highest BCUT2D eigenvalue weighted by atomic mass is 15.4. The van der Waals surface area contributed by atoms with E-state index in [1.807, 2.05) is 18.3 Å². The van der Waals surface area contributed by atoms with Gasteiger partial charge in [0.2, 0.25) is 0 Å². The summed E-state index contributed by atoms with van der Waals surface area (Å²) in [6.45, 7) is 5.46. The molecule has 0 spiro atoms. The van der Waals surface area contributed by atoms with Gasteiger partial charge < -0.3 is 5.32 Å². The lowest BCUT2D eigenvalue weighted by Crippen LogP contribution is -2.25. The molecule has 0 saturated heterocycles. The van der Waals surface area contributed by atoms with Gasteiger partial charge in [-0.3, -0.25) is 4.98 Å². The van der Waals surface area contributed by atoms with Gasteiger partial charge in [0.15, 0.2) is 0 Å². The van der Waals surface area contributed by atoms with E-state index in [2.05, 4.69) is 41.0 Å². The Balaban J connectivity index is 1.93. The van der Waals surface area contributed by atoms with E-state index in [1.54, 1.807) is 0 Å². The Kier molecular flexibility index (Phi) is 3.72. The fourth-order valence-electron chi connectivity index (χ4n) is 2.91. The van der Waals surface area contributed by atoms with Crippen LogP contribution in [0.5, 0.6) is 0 Å². The molecule has 20 heavy (non-hydrogen) atoms. The average molecular weight is 270 g/mol. The fraction of sp³-hybridized carbons (Fsp3) is 0.500. The highest BCUT2D eigenvalue weighted by Gasteiger charge is 2.24. The molecule has 0 saturated carbocycles. The van der Waals surface area contributed by atoms with Crippen LogP contribution in [0.3, 0.4) is 0 Å². The van der Waals surface area contributed by atoms with Crippen LogP contribution in [0, 0.1) is 0 Å². The van der Waals surface area contributed by atoms with Crippen LogP contribution in [0.15, 0.2) is 30.5 Å². The van der Waals surface area contributed by atoms with E-state index in [0.29, 0.717) is 5.92 Å². The number of nitrogens with one attached hydrogen (secondary N) is 1. The van der Waals surface area contributed by atoms with E-state index in [4.69, 9.17) is 5.10 Å². The van der Waals surface area contributed by atoms with Crippen LogP contribution in [-0.4, -0.2) is 21.3 Å². The molecule has 0 bridgehead atoms. The number of pyridine rings is 1. The van der Waals surface area contributed by atoms with Crippen LogP contribution < -0.4 is 5.32 Å². The first kappa shape index (κ1) is 13.2. The molecule has 0 aromatic carbocycles. The molecule has 3 rings (SSSR count). The quantitative estimate of drug-likeness (QED) is 0.923. The summed E-state index contributed by atoms with van der Waals surface area (Å²) in [6, 6.07) is 8.57. The molecule has 2 unspecified atom stereocenters. The molecule has 4 nitrogen and oxygen atoms in total. The van der Waals surface area contributed by atoms with Crippen molar-refractivity contribution in [2.45, 2.75) is 45.1 Å². The lowest BCUT2D eigenvalue weighted by molar-refractivity contribution is 0.463. The number of hydrogen-bond donors (Lipinski definition) is 1. The number of nitrogens with zero attached hydrogens (tertiary/aromatic N) is 3. The second-order valence-corrected chi connectivity index (χ2v) is 5.57. The number of hydrogen-bond acceptors (Lipinski definition) is 3. The van der Waals surface area contributed by atoms with Gasteiger partial charge in [-0.2, -0.15) is 5.10 Å². The standard InChI is InChI=1S/C16H22N4/c1-3-6-12(2)14-11-16-18-10-8-15(20(16)19-14)13-7-4-5-9-17-13/h4-5,7,9,11-12,15,18H,3,6,8,10H2,1-2H3. The van der Waals surface area contributed by atoms with E-state index < -0.39 is 0 Å².